The lowest BCUT2D eigenvalue weighted by Crippen LogP contribution is -2.44. The SMILES string of the molecule is O=C(NC1CCN(Cc2ccncc2)CC1)c1cn2ccc(OC3CCN(c4ccc(C(F)(F)F)cc4)CC3)cc2n1. The third kappa shape index (κ3) is 6.67. The minimum atomic E-state index is -4.33. The molecule has 2 saturated heterocycles. The minimum absolute atomic E-state index is 0.0136. The average molecular weight is 579 g/mol. The fourth-order valence-electron chi connectivity index (χ4n) is 5.67. The van der Waals surface area contributed by atoms with Crippen LogP contribution in [0.1, 0.15) is 47.3 Å². The number of alkyl halides is 3. The summed E-state index contributed by atoms with van der Waals surface area (Å²) in [7, 11) is 0. The Kier molecular flexibility index (Phi) is 8.01. The predicted octanol–water partition coefficient (Wildman–Crippen LogP) is 5.19. The molecule has 0 spiro atoms. The Bertz CT molecular complexity index is 1490. The van der Waals surface area contributed by atoms with Gasteiger partial charge in [-0.15, -0.1) is 0 Å². The summed E-state index contributed by atoms with van der Waals surface area (Å²) in [6.45, 7) is 4.10. The second-order valence-corrected chi connectivity index (χ2v) is 11.0. The molecule has 3 aromatic heterocycles. The standard InChI is InChI=1S/C31H33F3N6O2/c32-31(33,34)23-1-3-25(4-2-23)39-16-9-26(10-17-39)42-27-11-18-40-21-28(37-29(40)19-27)30(41)36-24-7-14-38(15-8-24)20-22-5-12-35-13-6-22/h1-6,11-13,18-19,21,24,26H,7-10,14-17,20H2,(H,36,41). The van der Waals surface area contributed by atoms with E-state index in [-0.39, 0.29) is 18.1 Å². The summed E-state index contributed by atoms with van der Waals surface area (Å²) in [5.41, 5.74) is 2.38. The molecule has 0 aliphatic carbocycles. The molecule has 42 heavy (non-hydrogen) atoms. The van der Waals surface area contributed by atoms with Crippen LogP contribution in [-0.4, -0.2) is 63.5 Å². The molecule has 220 valence electrons. The van der Waals surface area contributed by atoms with Crippen molar-refractivity contribution in [1.29, 1.82) is 0 Å². The predicted molar refractivity (Wildman–Crippen MR) is 153 cm³/mol. The maximum absolute atomic E-state index is 13.0. The molecular weight excluding hydrogens is 545 g/mol. The number of amides is 1. The lowest BCUT2D eigenvalue weighted by atomic mass is 10.0. The Hall–Kier alpha value is -4.12. The second-order valence-electron chi connectivity index (χ2n) is 11.0. The van der Waals surface area contributed by atoms with Crippen molar-refractivity contribution in [3.05, 3.63) is 90.1 Å². The van der Waals surface area contributed by atoms with E-state index in [1.165, 1.54) is 17.7 Å². The van der Waals surface area contributed by atoms with E-state index in [0.717, 1.165) is 63.1 Å². The van der Waals surface area contributed by atoms with Crippen molar-refractivity contribution >= 4 is 17.2 Å². The van der Waals surface area contributed by atoms with Gasteiger partial charge in [0.25, 0.3) is 5.91 Å². The largest absolute Gasteiger partial charge is 0.490 e. The van der Waals surface area contributed by atoms with Crippen LogP contribution in [0.2, 0.25) is 0 Å². The number of fused-ring (bicyclic) bond motifs is 1. The molecule has 0 unspecified atom stereocenters. The Balaban J connectivity index is 0.989. The molecule has 4 aromatic rings. The molecule has 11 heteroatoms. The maximum atomic E-state index is 13.0. The molecule has 2 aliphatic rings. The van der Waals surface area contributed by atoms with Crippen LogP contribution in [0.5, 0.6) is 5.75 Å². The van der Waals surface area contributed by atoms with Crippen LogP contribution in [0.3, 0.4) is 0 Å². The minimum Gasteiger partial charge on any atom is -0.490 e. The first-order valence-electron chi connectivity index (χ1n) is 14.3. The first-order valence-corrected chi connectivity index (χ1v) is 14.3. The third-order valence-electron chi connectivity index (χ3n) is 8.05. The molecule has 2 aliphatic heterocycles. The Morgan fingerprint density at radius 2 is 1.67 bits per heavy atom. The number of piperidine rings is 2. The number of anilines is 1. The molecule has 1 N–H and O–H groups in total. The van der Waals surface area contributed by atoms with Crippen molar-refractivity contribution < 1.29 is 22.7 Å². The van der Waals surface area contributed by atoms with Crippen LogP contribution in [0, 0.1) is 0 Å². The van der Waals surface area contributed by atoms with Gasteiger partial charge >= 0.3 is 6.18 Å². The highest BCUT2D eigenvalue weighted by Gasteiger charge is 2.30. The summed E-state index contributed by atoms with van der Waals surface area (Å²) < 4.78 is 46.6. The van der Waals surface area contributed by atoms with Crippen molar-refractivity contribution in [3.63, 3.8) is 0 Å². The lowest BCUT2D eigenvalue weighted by Gasteiger charge is -2.33. The van der Waals surface area contributed by atoms with E-state index in [4.69, 9.17) is 4.74 Å². The fourth-order valence-corrected chi connectivity index (χ4v) is 5.67. The molecule has 0 bridgehead atoms. The molecule has 2 fully saturated rings. The monoisotopic (exact) mass is 578 g/mol. The number of nitrogens with one attached hydrogen (secondary N) is 1. The number of rotatable bonds is 7. The van der Waals surface area contributed by atoms with E-state index in [1.54, 1.807) is 6.20 Å². The zero-order valence-electron chi connectivity index (χ0n) is 23.1. The van der Waals surface area contributed by atoms with Gasteiger partial charge in [0.15, 0.2) is 0 Å². The smallest absolute Gasteiger partial charge is 0.416 e. The highest BCUT2D eigenvalue weighted by atomic mass is 19.4. The van der Waals surface area contributed by atoms with Gasteiger partial charge in [-0.1, -0.05) is 0 Å². The highest BCUT2D eigenvalue weighted by molar-refractivity contribution is 5.93. The number of pyridine rings is 2. The molecular formula is C31H33F3N6O2. The average Bonchev–Trinajstić information content (AvgIpc) is 3.43. The molecule has 6 rings (SSSR count). The molecule has 0 radical (unpaired) electrons. The summed E-state index contributed by atoms with van der Waals surface area (Å²) in [6.07, 6.45) is 6.11. The first-order chi connectivity index (χ1) is 20.3. The number of ether oxygens (including phenoxy) is 1. The van der Waals surface area contributed by atoms with Crippen LogP contribution in [0.25, 0.3) is 5.65 Å². The van der Waals surface area contributed by atoms with Crippen LogP contribution < -0.4 is 15.0 Å². The van der Waals surface area contributed by atoms with E-state index in [9.17, 15) is 18.0 Å². The summed E-state index contributed by atoms with van der Waals surface area (Å²) in [4.78, 5) is 26.1. The normalized spacial score (nSPS) is 17.5. The number of likely N-dealkylation sites (tertiary alicyclic amines) is 1. The van der Waals surface area contributed by atoms with Gasteiger partial charge in [-0.05, 0) is 60.9 Å². The van der Waals surface area contributed by atoms with Crippen molar-refractivity contribution in [2.24, 2.45) is 0 Å². The van der Waals surface area contributed by atoms with Gasteiger partial charge in [0.2, 0.25) is 0 Å². The van der Waals surface area contributed by atoms with Gasteiger partial charge in [0.05, 0.1) is 5.56 Å². The zero-order valence-corrected chi connectivity index (χ0v) is 23.1. The van der Waals surface area contributed by atoms with E-state index in [0.29, 0.717) is 30.2 Å². The van der Waals surface area contributed by atoms with Gasteiger partial charge in [0, 0.05) is 88.1 Å². The van der Waals surface area contributed by atoms with Crippen LogP contribution >= 0.6 is 0 Å². The fraction of sp³-hybridized carbons (Fsp3) is 0.387. The number of carbonyl (C=O) groups is 1. The van der Waals surface area contributed by atoms with Crippen molar-refractivity contribution in [2.45, 2.75) is 50.6 Å². The number of aromatic nitrogens is 3. The number of hydrogen-bond acceptors (Lipinski definition) is 6. The highest BCUT2D eigenvalue weighted by Crippen LogP contribution is 2.31. The molecule has 8 nitrogen and oxygen atoms in total. The Morgan fingerprint density at radius 1 is 0.952 bits per heavy atom. The maximum Gasteiger partial charge on any atom is 0.416 e. The van der Waals surface area contributed by atoms with Gasteiger partial charge in [-0.25, -0.2) is 4.98 Å². The molecule has 0 atom stereocenters. The van der Waals surface area contributed by atoms with Gasteiger partial charge < -0.3 is 19.4 Å². The molecule has 0 saturated carbocycles. The number of nitrogens with zero attached hydrogens (tertiary/aromatic N) is 5. The first kappa shape index (κ1) is 28.0. The lowest BCUT2D eigenvalue weighted by molar-refractivity contribution is -0.137. The summed E-state index contributed by atoms with van der Waals surface area (Å²) >= 11 is 0. The van der Waals surface area contributed by atoms with Crippen molar-refractivity contribution in [1.82, 2.24) is 24.6 Å². The van der Waals surface area contributed by atoms with E-state index in [2.05, 4.69) is 25.1 Å². The third-order valence-corrected chi connectivity index (χ3v) is 8.05. The molecule has 1 amide bonds. The Labute approximate surface area is 242 Å². The van der Waals surface area contributed by atoms with E-state index >= 15 is 0 Å². The van der Waals surface area contributed by atoms with E-state index < -0.39 is 11.7 Å². The van der Waals surface area contributed by atoms with E-state index in [1.807, 2.05) is 47.3 Å². The number of imidazole rings is 1. The number of halogens is 3. The number of carbonyl (C=O) groups excluding carboxylic acids is 1. The topological polar surface area (TPSA) is 75.0 Å². The summed E-state index contributed by atoms with van der Waals surface area (Å²) in [6, 6.07) is 13.2. The molecule has 5 heterocycles. The van der Waals surface area contributed by atoms with Gasteiger partial charge in [0.1, 0.15) is 23.2 Å². The Morgan fingerprint density at radius 3 is 2.36 bits per heavy atom. The molecule has 1 aromatic carbocycles. The van der Waals surface area contributed by atoms with Gasteiger partial charge in [-0.3, -0.25) is 14.7 Å². The van der Waals surface area contributed by atoms with Crippen molar-refractivity contribution in [2.75, 3.05) is 31.1 Å². The van der Waals surface area contributed by atoms with Crippen molar-refractivity contribution in [3.8, 4) is 5.75 Å². The van der Waals surface area contributed by atoms with Crippen LogP contribution in [0.4, 0.5) is 18.9 Å². The second kappa shape index (κ2) is 12.0. The van der Waals surface area contributed by atoms with Crippen LogP contribution in [0.15, 0.2) is 73.3 Å². The summed E-state index contributed by atoms with van der Waals surface area (Å²) in [5, 5.41) is 3.15. The van der Waals surface area contributed by atoms with Crippen LogP contribution in [-0.2, 0) is 12.7 Å². The zero-order chi connectivity index (χ0) is 29.1. The number of benzene rings is 1. The quantitative estimate of drug-likeness (QED) is 0.326. The summed E-state index contributed by atoms with van der Waals surface area (Å²) in [5.74, 6) is 0.499. The number of hydrogen-bond donors (Lipinski definition) is 1. The van der Waals surface area contributed by atoms with Gasteiger partial charge in [-0.2, -0.15) is 13.2 Å².